The molecule has 110 valence electrons. The molecular formula is C14H15N3O3S. The van der Waals surface area contributed by atoms with Gasteiger partial charge in [0.1, 0.15) is 11.9 Å². The predicted molar refractivity (Wildman–Crippen MR) is 78.5 cm³/mol. The zero-order valence-corrected chi connectivity index (χ0v) is 12.4. The summed E-state index contributed by atoms with van der Waals surface area (Å²) in [5.41, 5.74) is 0.364. The smallest absolute Gasteiger partial charge is 0.264 e. The number of thiophene rings is 1. The summed E-state index contributed by atoms with van der Waals surface area (Å²) in [5, 5.41) is 1.88. The molecule has 2 aromatic heterocycles. The van der Waals surface area contributed by atoms with E-state index in [0.717, 1.165) is 0 Å². The van der Waals surface area contributed by atoms with Crippen LogP contribution in [-0.4, -0.2) is 40.5 Å². The first-order chi connectivity index (χ1) is 10.1. The van der Waals surface area contributed by atoms with E-state index < -0.39 is 0 Å². The van der Waals surface area contributed by atoms with Gasteiger partial charge in [-0.3, -0.25) is 9.59 Å². The van der Waals surface area contributed by atoms with Crippen molar-refractivity contribution in [1.29, 1.82) is 0 Å². The van der Waals surface area contributed by atoms with Gasteiger partial charge in [-0.2, -0.15) is 0 Å². The first kappa shape index (κ1) is 14.0. The van der Waals surface area contributed by atoms with Crippen LogP contribution in [0.2, 0.25) is 0 Å². The molecule has 0 unspecified atom stereocenters. The van der Waals surface area contributed by atoms with Crippen molar-refractivity contribution in [2.24, 2.45) is 0 Å². The number of aryl methyl sites for hydroxylation is 1. The molecule has 3 rings (SSSR count). The molecule has 0 bridgehead atoms. The summed E-state index contributed by atoms with van der Waals surface area (Å²) in [6.45, 7) is 3.12. The van der Waals surface area contributed by atoms with E-state index in [1.54, 1.807) is 11.8 Å². The van der Waals surface area contributed by atoms with Crippen molar-refractivity contribution in [2.75, 3.05) is 19.7 Å². The quantitative estimate of drug-likeness (QED) is 0.909. The minimum absolute atomic E-state index is 0.000127. The number of carbonyl (C=O) groups is 1. The van der Waals surface area contributed by atoms with Crippen LogP contribution >= 0.6 is 11.3 Å². The van der Waals surface area contributed by atoms with Gasteiger partial charge in [-0.25, -0.2) is 4.98 Å². The second kappa shape index (κ2) is 5.79. The van der Waals surface area contributed by atoms with Crippen molar-refractivity contribution in [3.63, 3.8) is 0 Å². The van der Waals surface area contributed by atoms with Crippen LogP contribution in [0.1, 0.15) is 27.3 Å². The third kappa shape index (κ3) is 3.03. The molecule has 0 aromatic carbocycles. The number of aromatic nitrogens is 2. The average Bonchev–Trinajstić information content (AvgIpc) is 3.00. The molecule has 6 nitrogen and oxygen atoms in total. The largest absolute Gasteiger partial charge is 0.368 e. The van der Waals surface area contributed by atoms with E-state index in [1.807, 2.05) is 17.5 Å². The molecule has 1 N–H and O–H groups in total. The number of aromatic amines is 1. The summed E-state index contributed by atoms with van der Waals surface area (Å²) in [7, 11) is 0. The standard InChI is InChI=1S/C14H15N3O3S/c1-9-15-10(7-13(18)16-9)11-8-17(4-5-20-11)14(19)12-3-2-6-21-12/h2-3,6-7,11H,4-5,8H2,1H3,(H,15,16,18)/t11-/m0/s1. The van der Waals surface area contributed by atoms with Gasteiger partial charge < -0.3 is 14.6 Å². The van der Waals surface area contributed by atoms with E-state index in [2.05, 4.69) is 9.97 Å². The van der Waals surface area contributed by atoms with Crippen molar-refractivity contribution in [3.05, 3.63) is 50.3 Å². The first-order valence-corrected chi connectivity index (χ1v) is 7.53. The second-order valence-electron chi connectivity index (χ2n) is 4.84. The minimum atomic E-state index is -0.358. The van der Waals surface area contributed by atoms with Gasteiger partial charge in [0, 0.05) is 12.6 Å². The van der Waals surface area contributed by atoms with Crippen molar-refractivity contribution in [2.45, 2.75) is 13.0 Å². The number of H-pyrrole nitrogens is 1. The number of rotatable bonds is 2. The Morgan fingerprint density at radius 1 is 1.57 bits per heavy atom. The maximum atomic E-state index is 12.4. The summed E-state index contributed by atoms with van der Waals surface area (Å²) in [5.74, 6) is 0.544. The van der Waals surface area contributed by atoms with Crippen LogP contribution in [0.15, 0.2) is 28.4 Å². The molecule has 0 spiro atoms. The van der Waals surface area contributed by atoms with Gasteiger partial charge in [0.05, 0.1) is 23.7 Å². The molecule has 2 aromatic rings. The molecule has 1 amide bonds. The van der Waals surface area contributed by atoms with E-state index in [1.165, 1.54) is 17.4 Å². The normalized spacial score (nSPS) is 18.7. The van der Waals surface area contributed by atoms with Gasteiger partial charge in [-0.1, -0.05) is 6.07 Å². The molecule has 1 saturated heterocycles. The lowest BCUT2D eigenvalue weighted by Crippen LogP contribution is -2.42. The van der Waals surface area contributed by atoms with Crippen molar-refractivity contribution >= 4 is 17.2 Å². The summed E-state index contributed by atoms with van der Waals surface area (Å²) in [6, 6.07) is 5.10. The van der Waals surface area contributed by atoms with Gasteiger partial charge in [0.15, 0.2) is 0 Å². The van der Waals surface area contributed by atoms with E-state index >= 15 is 0 Å². The number of morpholine rings is 1. The Balaban J connectivity index is 1.79. The molecule has 0 saturated carbocycles. The highest BCUT2D eigenvalue weighted by atomic mass is 32.1. The van der Waals surface area contributed by atoms with Crippen LogP contribution in [-0.2, 0) is 4.74 Å². The molecule has 21 heavy (non-hydrogen) atoms. The van der Waals surface area contributed by atoms with Crippen LogP contribution in [0.4, 0.5) is 0 Å². The summed E-state index contributed by atoms with van der Waals surface area (Å²) in [6.07, 6.45) is -0.358. The number of nitrogens with one attached hydrogen (secondary N) is 1. The van der Waals surface area contributed by atoms with Crippen LogP contribution in [0, 0.1) is 6.92 Å². The topological polar surface area (TPSA) is 75.3 Å². The fraction of sp³-hybridized carbons (Fsp3) is 0.357. The Morgan fingerprint density at radius 3 is 3.14 bits per heavy atom. The summed E-state index contributed by atoms with van der Waals surface area (Å²) < 4.78 is 5.67. The van der Waals surface area contributed by atoms with Gasteiger partial charge in [0.2, 0.25) is 0 Å². The fourth-order valence-corrected chi connectivity index (χ4v) is 3.03. The van der Waals surface area contributed by atoms with Crippen LogP contribution in [0.5, 0.6) is 0 Å². The number of carbonyl (C=O) groups excluding carboxylic acids is 1. The maximum absolute atomic E-state index is 12.4. The number of nitrogens with zero attached hydrogens (tertiary/aromatic N) is 2. The van der Waals surface area contributed by atoms with Crippen molar-refractivity contribution in [1.82, 2.24) is 14.9 Å². The molecule has 1 aliphatic rings. The summed E-state index contributed by atoms with van der Waals surface area (Å²) in [4.78, 5) is 33.3. The predicted octanol–water partition coefficient (Wildman–Crippen LogP) is 1.35. The number of hydrogen-bond acceptors (Lipinski definition) is 5. The van der Waals surface area contributed by atoms with E-state index in [4.69, 9.17) is 4.74 Å². The number of hydrogen-bond donors (Lipinski definition) is 1. The number of ether oxygens (including phenoxy) is 1. The molecule has 3 heterocycles. The highest BCUT2D eigenvalue weighted by Gasteiger charge is 2.27. The molecule has 0 aliphatic carbocycles. The molecule has 1 fully saturated rings. The second-order valence-corrected chi connectivity index (χ2v) is 5.79. The Bertz CT molecular complexity index is 696. The van der Waals surface area contributed by atoms with E-state index in [0.29, 0.717) is 36.1 Å². The van der Waals surface area contributed by atoms with Gasteiger partial charge >= 0.3 is 0 Å². The lowest BCUT2D eigenvalue weighted by atomic mass is 10.2. The summed E-state index contributed by atoms with van der Waals surface area (Å²) >= 11 is 1.42. The lowest BCUT2D eigenvalue weighted by molar-refractivity contribution is -0.0247. The Labute approximate surface area is 125 Å². The van der Waals surface area contributed by atoms with E-state index in [-0.39, 0.29) is 17.6 Å². The Hall–Kier alpha value is -1.99. The van der Waals surface area contributed by atoms with Crippen molar-refractivity contribution < 1.29 is 9.53 Å². The monoisotopic (exact) mass is 305 g/mol. The van der Waals surface area contributed by atoms with Gasteiger partial charge in [-0.15, -0.1) is 11.3 Å². The highest BCUT2D eigenvalue weighted by molar-refractivity contribution is 7.12. The van der Waals surface area contributed by atoms with E-state index in [9.17, 15) is 9.59 Å². The van der Waals surface area contributed by atoms with Crippen LogP contribution in [0.25, 0.3) is 0 Å². The third-order valence-electron chi connectivity index (χ3n) is 3.30. The van der Waals surface area contributed by atoms with Crippen molar-refractivity contribution in [3.8, 4) is 0 Å². The Morgan fingerprint density at radius 2 is 2.43 bits per heavy atom. The van der Waals surface area contributed by atoms with Gasteiger partial charge in [0.25, 0.3) is 11.5 Å². The number of amides is 1. The average molecular weight is 305 g/mol. The van der Waals surface area contributed by atoms with Crippen LogP contribution in [0.3, 0.4) is 0 Å². The SMILES string of the molecule is Cc1nc([C@@H]2CN(C(=O)c3cccs3)CCO2)cc(=O)[nH]1. The molecule has 1 aliphatic heterocycles. The Kier molecular flexibility index (Phi) is 3.85. The highest BCUT2D eigenvalue weighted by Crippen LogP contribution is 2.22. The maximum Gasteiger partial charge on any atom is 0.264 e. The minimum Gasteiger partial charge on any atom is -0.368 e. The zero-order chi connectivity index (χ0) is 14.8. The third-order valence-corrected chi connectivity index (χ3v) is 4.15. The zero-order valence-electron chi connectivity index (χ0n) is 11.5. The van der Waals surface area contributed by atoms with Gasteiger partial charge in [-0.05, 0) is 18.4 Å². The molecule has 7 heteroatoms. The molecular weight excluding hydrogens is 290 g/mol. The lowest BCUT2D eigenvalue weighted by Gasteiger charge is -2.32. The first-order valence-electron chi connectivity index (χ1n) is 6.66. The molecule has 0 radical (unpaired) electrons. The fourth-order valence-electron chi connectivity index (χ4n) is 2.34. The molecule has 1 atom stereocenters. The van der Waals surface area contributed by atoms with Crippen LogP contribution < -0.4 is 5.56 Å².